The van der Waals surface area contributed by atoms with E-state index in [0.29, 0.717) is 6.04 Å². The van der Waals surface area contributed by atoms with Crippen LogP contribution in [0.2, 0.25) is 0 Å². The maximum absolute atomic E-state index is 5.97. The Bertz CT molecular complexity index is 227. The zero-order chi connectivity index (χ0) is 13.1. The van der Waals surface area contributed by atoms with E-state index < -0.39 is 0 Å². The summed E-state index contributed by atoms with van der Waals surface area (Å²) in [7, 11) is 6.47. The van der Waals surface area contributed by atoms with Gasteiger partial charge in [0.1, 0.15) is 0 Å². The summed E-state index contributed by atoms with van der Waals surface area (Å²) in [4.78, 5) is 7.27. The molecule has 1 fully saturated rings. The molecule has 17 heavy (non-hydrogen) atoms. The van der Waals surface area contributed by atoms with E-state index in [-0.39, 0.29) is 5.54 Å². The van der Waals surface area contributed by atoms with Crippen molar-refractivity contribution in [2.75, 3.05) is 53.9 Å². The Hall–Kier alpha value is -0.160. The Morgan fingerprint density at radius 2 is 2.00 bits per heavy atom. The monoisotopic (exact) mass is 242 g/mol. The van der Waals surface area contributed by atoms with Crippen LogP contribution >= 0.6 is 0 Å². The van der Waals surface area contributed by atoms with Crippen molar-refractivity contribution < 1.29 is 0 Å². The highest BCUT2D eigenvalue weighted by atomic mass is 15.3. The molecule has 0 aromatic heterocycles. The maximum atomic E-state index is 5.97. The fourth-order valence-corrected chi connectivity index (χ4v) is 2.65. The highest BCUT2D eigenvalue weighted by Gasteiger charge is 2.34. The topological polar surface area (TPSA) is 35.7 Å². The molecule has 1 aliphatic rings. The number of rotatable bonds is 4. The fraction of sp³-hybridized carbons (Fsp3) is 1.00. The van der Waals surface area contributed by atoms with Gasteiger partial charge in [-0.3, -0.25) is 4.90 Å². The minimum atomic E-state index is 0.255. The lowest BCUT2D eigenvalue weighted by Gasteiger charge is -2.42. The van der Waals surface area contributed by atoms with Crippen molar-refractivity contribution >= 4 is 0 Å². The van der Waals surface area contributed by atoms with Gasteiger partial charge in [0.05, 0.1) is 0 Å². The Kier molecular flexibility index (Phi) is 5.38. The van der Waals surface area contributed by atoms with Gasteiger partial charge in [-0.15, -0.1) is 0 Å². The third kappa shape index (κ3) is 4.21. The van der Waals surface area contributed by atoms with Crippen LogP contribution in [0.4, 0.5) is 0 Å². The average Bonchev–Trinajstić information content (AvgIpc) is 2.34. The largest absolute Gasteiger partial charge is 0.329 e. The van der Waals surface area contributed by atoms with Crippen LogP contribution in [-0.2, 0) is 0 Å². The molecule has 0 radical (unpaired) electrons. The molecule has 4 heteroatoms. The summed E-state index contributed by atoms with van der Waals surface area (Å²) in [6, 6.07) is 0.484. The van der Waals surface area contributed by atoms with Crippen molar-refractivity contribution in [1.82, 2.24) is 14.7 Å². The lowest BCUT2D eigenvalue weighted by molar-refractivity contribution is 0.0713. The first kappa shape index (κ1) is 14.9. The molecule has 1 heterocycles. The Balaban J connectivity index is 2.75. The van der Waals surface area contributed by atoms with Crippen LogP contribution in [0, 0.1) is 0 Å². The third-order valence-corrected chi connectivity index (χ3v) is 3.91. The number of nitrogens with two attached hydrogens (primary N) is 1. The minimum Gasteiger partial charge on any atom is -0.329 e. The second kappa shape index (κ2) is 6.14. The zero-order valence-electron chi connectivity index (χ0n) is 12.2. The summed E-state index contributed by atoms with van der Waals surface area (Å²) in [6.45, 7) is 9.92. The van der Waals surface area contributed by atoms with Gasteiger partial charge in [0.15, 0.2) is 0 Å². The predicted octanol–water partition coefficient (Wildman–Crippen LogP) is 0.291. The Morgan fingerprint density at radius 3 is 2.53 bits per heavy atom. The molecule has 1 aliphatic heterocycles. The molecular weight excluding hydrogens is 212 g/mol. The first-order valence-electron chi connectivity index (χ1n) is 6.67. The molecule has 1 unspecified atom stereocenters. The van der Waals surface area contributed by atoms with Gasteiger partial charge in [-0.1, -0.05) is 0 Å². The smallest absolute Gasteiger partial charge is 0.0351 e. The quantitative estimate of drug-likeness (QED) is 0.769. The van der Waals surface area contributed by atoms with E-state index in [0.717, 1.165) is 26.2 Å². The van der Waals surface area contributed by atoms with Gasteiger partial charge in [-0.05, 0) is 48.0 Å². The van der Waals surface area contributed by atoms with Gasteiger partial charge in [-0.25, -0.2) is 0 Å². The molecule has 0 aliphatic carbocycles. The number of likely N-dealkylation sites (N-methyl/N-ethyl adjacent to an activating group) is 2. The van der Waals surface area contributed by atoms with Crippen LogP contribution in [-0.4, -0.2) is 80.1 Å². The molecule has 2 N–H and O–H groups in total. The van der Waals surface area contributed by atoms with Crippen molar-refractivity contribution in [3.8, 4) is 0 Å². The van der Waals surface area contributed by atoms with Crippen LogP contribution in [0.15, 0.2) is 0 Å². The van der Waals surface area contributed by atoms with Gasteiger partial charge in [0.2, 0.25) is 0 Å². The number of nitrogens with zero attached hydrogens (tertiary/aromatic N) is 3. The molecule has 0 saturated carbocycles. The van der Waals surface area contributed by atoms with Crippen molar-refractivity contribution in [1.29, 1.82) is 0 Å². The van der Waals surface area contributed by atoms with E-state index in [1.165, 1.54) is 13.0 Å². The molecule has 1 saturated heterocycles. The number of hydrogen-bond acceptors (Lipinski definition) is 4. The van der Waals surface area contributed by atoms with Crippen LogP contribution in [0.3, 0.4) is 0 Å². The highest BCUT2D eigenvalue weighted by molar-refractivity contribution is 4.92. The van der Waals surface area contributed by atoms with E-state index in [1.807, 2.05) is 0 Å². The van der Waals surface area contributed by atoms with E-state index in [9.17, 15) is 0 Å². The van der Waals surface area contributed by atoms with Crippen LogP contribution in [0.25, 0.3) is 0 Å². The molecule has 0 aromatic rings. The summed E-state index contributed by atoms with van der Waals surface area (Å²) in [5.41, 5.74) is 6.23. The molecule has 102 valence electrons. The van der Waals surface area contributed by atoms with E-state index >= 15 is 0 Å². The van der Waals surface area contributed by atoms with Gasteiger partial charge < -0.3 is 15.5 Å². The van der Waals surface area contributed by atoms with Gasteiger partial charge in [-0.2, -0.15) is 0 Å². The fourth-order valence-electron chi connectivity index (χ4n) is 2.65. The summed E-state index contributed by atoms with van der Waals surface area (Å²) >= 11 is 0. The molecule has 0 amide bonds. The maximum Gasteiger partial charge on any atom is 0.0351 e. The molecule has 0 aromatic carbocycles. The Labute approximate surface area is 107 Å². The number of hydrogen-bond donors (Lipinski definition) is 1. The highest BCUT2D eigenvalue weighted by Crippen LogP contribution is 2.25. The molecule has 0 bridgehead atoms. The first-order chi connectivity index (χ1) is 7.86. The standard InChI is InChI=1S/C13H30N4/c1-13(2)6-7-16(5)11-12(10-14)17(13)9-8-15(3)4/h12H,6-11,14H2,1-5H3. The lowest BCUT2D eigenvalue weighted by Crippen LogP contribution is -2.55. The van der Waals surface area contributed by atoms with Crippen molar-refractivity contribution in [2.45, 2.75) is 31.8 Å². The van der Waals surface area contributed by atoms with E-state index in [4.69, 9.17) is 5.73 Å². The average molecular weight is 242 g/mol. The molecule has 4 nitrogen and oxygen atoms in total. The second-order valence-corrected chi connectivity index (χ2v) is 6.21. The summed E-state index contributed by atoms with van der Waals surface area (Å²) in [6.07, 6.45) is 1.22. The molecular formula is C13H30N4. The van der Waals surface area contributed by atoms with Gasteiger partial charge in [0.25, 0.3) is 0 Å². The second-order valence-electron chi connectivity index (χ2n) is 6.21. The van der Waals surface area contributed by atoms with Crippen LogP contribution < -0.4 is 5.73 Å². The first-order valence-corrected chi connectivity index (χ1v) is 6.67. The summed E-state index contributed by atoms with van der Waals surface area (Å²) in [5.74, 6) is 0. The van der Waals surface area contributed by atoms with E-state index in [2.05, 4.69) is 49.7 Å². The molecule has 1 atom stereocenters. The SMILES string of the molecule is CN(C)CCN1C(CN)CN(C)CCC1(C)C. The van der Waals surface area contributed by atoms with E-state index in [1.54, 1.807) is 0 Å². The van der Waals surface area contributed by atoms with Gasteiger partial charge in [0, 0.05) is 37.8 Å². The molecule has 1 rings (SSSR count). The summed E-state index contributed by atoms with van der Waals surface area (Å²) < 4.78 is 0. The van der Waals surface area contributed by atoms with Gasteiger partial charge >= 0.3 is 0 Å². The molecule has 0 spiro atoms. The Morgan fingerprint density at radius 1 is 1.35 bits per heavy atom. The van der Waals surface area contributed by atoms with Crippen LogP contribution in [0.1, 0.15) is 20.3 Å². The van der Waals surface area contributed by atoms with Crippen molar-refractivity contribution in [2.24, 2.45) is 5.73 Å². The minimum absolute atomic E-state index is 0.255. The summed E-state index contributed by atoms with van der Waals surface area (Å²) in [5, 5.41) is 0. The van der Waals surface area contributed by atoms with Crippen LogP contribution in [0.5, 0.6) is 0 Å². The zero-order valence-corrected chi connectivity index (χ0v) is 12.2. The lowest BCUT2D eigenvalue weighted by atomic mass is 9.97. The normalized spacial score (nSPS) is 27.4. The predicted molar refractivity (Wildman–Crippen MR) is 74.3 cm³/mol. The van der Waals surface area contributed by atoms with Crippen molar-refractivity contribution in [3.05, 3.63) is 0 Å². The third-order valence-electron chi connectivity index (χ3n) is 3.91. The van der Waals surface area contributed by atoms with Crippen molar-refractivity contribution in [3.63, 3.8) is 0 Å².